The van der Waals surface area contributed by atoms with Gasteiger partial charge in [-0.05, 0) is 31.6 Å². The van der Waals surface area contributed by atoms with E-state index in [2.05, 4.69) is 6.92 Å². The van der Waals surface area contributed by atoms with Gasteiger partial charge < -0.3 is 10.0 Å². The number of aliphatic hydroxyl groups excluding tert-OH is 1. The Morgan fingerprint density at radius 3 is 2.62 bits per heavy atom. The Labute approximate surface area is 98.8 Å². The summed E-state index contributed by atoms with van der Waals surface area (Å²) in [6.07, 6.45) is 7.09. The van der Waals surface area contributed by atoms with Crippen LogP contribution in [0.4, 0.5) is 0 Å². The first kappa shape index (κ1) is 13.5. The number of nitrogens with zero attached hydrogens (tertiary/aromatic N) is 1. The molecule has 1 amide bonds. The predicted molar refractivity (Wildman–Crippen MR) is 65.1 cm³/mol. The lowest BCUT2D eigenvalue weighted by molar-refractivity contribution is -0.133. The van der Waals surface area contributed by atoms with Crippen molar-refractivity contribution < 1.29 is 9.90 Å². The SMILES string of the molecule is CC1CCCCC1N(C)C(=O)CCCCO. The molecule has 94 valence electrons. The molecule has 1 N–H and O–H groups in total. The number of carbonyl (C=O) groups is 1. The molecule has 0 saturated heterocycles. The second-order valence-corrected chi connectivity index (χ2v) is 5.01. The molecule has 0 aliphatic heterocycles. The monoisotopic (exact) mass is 227 g/mol. The van der Waals surface area contributed by atoms with Crippen LogP contribution in [0.1, 0.15) is 51.9 Å². The zero-order chi connectivity index (χ0) is 12.0. The number of aliphatic hydroxyl groups is 1. The molecular formula is C13H25NO2. The molecule has 0 bridgehead atoms. The summed E-state index contributed by atoms with van der Waals surface area (Å²) < 4.78 is 0. The van der Waals surface area contributed by atoms with Crippen molar-refractivity contribution in [3.05, 3.63) is 0 Å². The van der Waals surface area contributed by atoms with E-state index in [-0.39, 0.29) is 12.5 Å². The topological polar surface area (TPSA) is 40.5 Å². The van der Waals surface area contributed by atoms with Crippen molar-refractivity contribution in [1.82, 2.24) is 4.90 Å². The maximum absolute atomic E-state index is 11.9. The molecule has 2 atom stereocenters. The van der Waals surface area contributed by atoms with E-state index in [0.29, 0.717) is 18.4 Å². The van der Waals surface area contributed by atoms with Crippen molar-refractivity contribution >= 4 is 5.91 Å². The van der Waals surface area contributed by atoms with Crippen molar-refractivity contribution in [2.75, 3.05) is 13.7 Å². The number of hydrogen-bond donors (Lipinski definition) is 1. The van der Waals surface area contributed by atoms with Crippen molar-refractivity contribution in [1.29, 1.82) is 0 Å². The first-order valence-electron chi connectivity index (χ1n) is 6.53. The van der Waals surface area contributed by atoms with Crippen LogP contribution < -0.4 is 0 Å². The molecule has 16 heavy (non-hydrogen) atoms. The lowest BCUT2D eigenvalue weighted by Crippen LogP contribution is -2.42. The van der Waals surface area contributed by atoms with Crippen LogP contribution >= 0.6 is 0 Å². The molecule has 0 spiro atoms. The second kappa shape index (κ2) is 6.89. The van der Waals surface area contributed by atoms with E-state index in [4.69, 9.17) is 5.11 Å². The normalized spacial score (nSPS) is 25.4. The average Bonchev–Trinajstić information content (AvgIpc) is 2.29. The van der Waals surface area contributed by atoms with Gasteiger partial charge >= 0.3 is 0 Å². The highest BCUT2D eigenvalue weighted by Gasteiger charge is 2.27. The minimum absolute atomic E-state index is 0.191. The number of rotatable bonds is 5. The third-order valence-electron chi connectivity index (χ3n) is 3.76. The van der Waals surface area contributed by atoms with E-state index in [1.54, 1.807) is 0 Å². The Morgan fingerprint density at radius 2 is 2.00 bits per heavy atom. The summed E-state index contributed by atoms with van der Waals surface area (Å²) in [6, 6.07) is 0.440. The van der Waals surface area contributed by atoms with E-state index in [1.807, 2.05) is 11.9 Å². The van der Waals surface area contributed by atoms with Crippen LogP contribution in [-0.4, -0.2) is 35.6 Å². The first-order valence-corrected chi connectivity index (χ1v) is 6.53. The Balaban J connectivity index is 2.36. The van der Waals surface area contributed by atoms with Gasteiger partial charge in [-0.25, -0.2) is 0 Å². The molecule has 1 fully saturated rings. The molecule has 1 saturated carbocycles. The Hall–Kier alpha value is -0.570. The van der Waals surface area contributed by atoms with Gasteiger partial charge in [-0.2, -0.15) is 0 Å². The van der Waals surface area contributed by atoms with E-state index < -0.39 is 0 Å². The third-order valence-corrected chi connectivity index (χ3v) is 3.76. The zero-order valence-corrected chi connectivity index (χ0v) is 10.6. The molecule has 0 aromatic rings. The third kappa shape index (κ3) is 3.78. The van der Waals surface area contributed by atoms with Gasteiger partial charge in [-0.3, -0.25) is 4.79 Å². The summed E-state index contributed by atoms with van der Waals surface area (Å²) in [7, 11) is 1.94. The van der Waals surface area contributed by atoms with Gasteiger partial charge in [-0.1, -0.05) is 19.8 Å². The van der Waals surface area contributed by atoms with Gasteiger partial charge in [0.25, 0.3) is 0 Å². The first-order chi connectivity index (χ1) is 7.66. The molecule has 1 rings (SSSR count). The van der Waals surface area contributed by atoms with Crippen LogP contribution in [0, 0.1) is 5.92 Å². The maximum atomic E-state index is 11.9. The lowest BCUT2D eigenvalue weighted by atomic mass is 9.85. The van der Waals surface area contributed by atoms with Crippen LogP contribution in [0.2, 0.25) is 0 Å². The summed E-state index contributed by atoms with van der Waals surface area (Å²) in [4.78, 5) is 13.9. The molecule has 3 heteroatoms. The van der Waals surface area contributed by atoms with Crippen LogP contribution in [0.15, 0.2) is 0 Å². The van der Waals surface area contributed by atoms with Crippen LogP contribution in [-0.2, 0) is 4.79 Å². The highest BCUT2D eigenvalue weighted by atomic mass is 16.3. The van der Waals surface area contributed by atoms with Gasteiger partial charge in [0, 0.05) is 26.1 Å². The number of unbranched alkanes of at least 4 members (excludes halogenated alkanes) is 1. The van der Waals surface area contributed by atoms with Gasteiger partial charge in [-0.15, -0.1) is 0 Å². The molecule has 1 aliphatic rings. The fourth-order valence-corrected chi connectivity index (χ4v) is 2.62. The highest BCUT2D eigenvalue weighted by molar-refractivity contribution is 5.76. The molecule has 3 nitrogen and oxygen atoms in total. The van der Waals surface area contributed by atoms with Crippen LogP contribution in [0.5, 0.6) is 0 Å². The summed E-state index contributed by atoms with van der Waals surface area (Å²) >= 11 is 0. The summed E-state index contributed by atoms with van der Waals surface area (Å²) in [5.74, 6) is 0.882. The Bertz CT molecular complexity index is 218. The van der Waals surface area contributed by atoms with E-state index in [0.717, 1.165) is 19.3 Å². The van der Waals surface area contributed by atoms with E-state index in [9.17, 15) is 4.79 Å². The van der Waals surface area contributed by atoms with Crippen molar-refractivity contribution in [2.24, 2.45) is 5.92 Å². The lowest BCUT2D eigenvalue weighted by Gasteiger charge is -2.36. The molecule has 0 radical (unpaired) electrons. The molecule has 2 unspecified atom stereocenters. The van der Waals surface area contributed by atoms with Gasteiger partial charge in [0.15, 0.2) is 0 Å². The zero-order valence-electron chi connectivity index (χ0n) is 10.6. The number of hydrogen-bond acceptors (Lipinski definition) is 2. The minimum Gasteiger partial charge on any atom is -0.396 e. The molecule has 1 aliphatic carbocycles. The van der Waals surface area contributed by atoms with Gasteiger partial charge in [0.1, 0.15) is 0 Å². The van der Waals surface area contributed by atoms with Crippen LogP contribution in [0.3, 0.4) is 0 Å². The average molecular weight is 227 g/mol. The highest BCUT2D eigenvalue weighted by Crippen LogP contribution is 2.27. The van der Waals surface area contributed by atoms with Crippen LogP contribution in [0.25, 0.3) is 0 Å². The van der Waals surface area contributed by atoms with E-state index >= 15 is 0 Å². The largest absolute Gasteiger partial charge is 0.396 e. The fraction of sp³-hybridized carbons (Fsp3) is 0.923. The maximum Gasteiger partial charge on any atom is 0.222 e. The summed E-state index contributed by atoms with van der Waals surface area (Å²) in [5.41, 5.74) is 0. The van der Waals surface area contributed by atoms with Crippen molar-refractivity contribution in [3.8, 4) is 0 Å². The summed E-state index contributed by atoms with van der Waals surface area (Å²) in [5, 5.41) is 8.68. The fourth-order valence-electron chi connectivity index (χ4n) is 2.62. The number of carbonyl (C=O) groups excluding carboxylic acids is 1. The minimum atomic E-state index is 0.191. The Kier molecular flexibility index (Phi) is 5.81. The Morgan fingerprint density at radius 1 is 1.31 bits per heavy atom. The van der Waals surface area contributed by atoms with E-state index in [1.165, 1.54) is 19.3 Å². The molecule has 0 heterocycles. The van der Waals surface area contributed by atoms with Crippen molar-refractivity contribution in [3.63, 3.8) is 0 Å². The standard InChI is InChI=1S/C13H25NO2/c1-11-7-3-4-8-12(11)14(2)13(16)9-5-6-10-15/h11-12,15H,3-10H2,1-2H3. The molecule has 0 aromatic carbocycles. The predicted octanol–water partition coefficient (Wildman–Crippen LogP) is 2.19. The van der Waals surface area contributed by atoms with Crippen molar-refractivity contribution in [2.45, 2.75) is 57.9 Å². The van der Waals surface area contributed by atoms with Gasteiger partial charge in [0.05, 0.1) is 0 Å². The summed E-state index contributed by atoms with van der Waals surface area (Å²) in [6.45, 7) is 2.44. The van der Waals surface area contributed by atoms with Gasteiger partial charge in [0.2, 0.25) is 5.91 Å². The molecule has 0 aromatic heterocycles. The second-order valence-electron chi connectivity index (χ2n) is 5.01. The quantitative estimate of drug-likeness (QED) is 0.731. The molecular weight excluding hydrogens is 202 g/mol. The number of amides is 1. The smallest absolute Gasteiger partial charge is 0.222 e.